The van der Waals surface area contributed by atoms with Gasteiger partial charge in [-0.05, 0) is 54.3 Å². The summed E-state index contributed by atoms with van der Waals surface area (Å²) in [5.41, 5.74) is -0.294. The van der Waals surface area contributed by atoms with Crippen LogP contribution in [0.15, 0.2) is 0 Å². The standard InChI is InChI=1S/C15H26O2/c1-9-4-5-10-12(9)13-11(14(13,2)3)6-7-15(10,17)8-16/h9-13,16-17H,4-8H2,1-3H3/t9-,10-,11-,12-,13-,15?/m1/s1. The van der Waals surface area contributed by atoms with E-state index in [2.05, 4.69) is 20.8 Å². The van der Waals surface area contributed by atoms with E-state index in [0.717, 1.165) is 37.0 Å². The zero-order valence-electron chi connectivity index (χ0n) is 11.3. The van der Waals surface area contributed by atoms with Gasteiger partial charge in [-0.25, -0.2) is 0 Å². The summed E-state index contributed by atoms with van der Waals surface area (Å²) in [7, 11) is 0. The van der Waals surface area contributed by atoms with E-state index in [-0.39, 0.29) is 6.61 Å². The third-order valence-electron chi connectivity index (χ3n) is 6.46. The molecule has 0 heterocycles. The van der Waals surface area contributed by atoms with E-state index in [1.807, 2.05) is 0 Å². The van der Waals surface area contributed by atoms with Crippen molar-refractivity contribution in [2.45, 2.75) is 52.1 Å². The average Bonchev–Trinajstić information content (AvgIpc) is 2.65. The zero-order valence-corrected chi connectivity index (χ0v) is 11.3. The van der Waals surface area contributed by atoms with Crippen LogP contribution in [0.1, 0.15) is 46.5 Å². The summed E-state index contributed by atoms with van der Waals surface area (Å²) >= 11 is 0. The van der Waals surface area contributed by atoms with Crippen LogP contribution in [0.3, 0.4) is 0 Å². The first-order valence-electron chi connectivity index (χ1n) is 7.25. The zero-order chi connectivity index (χ0) is 12.4. The molecule has 2 heteroatoms. The fraction of sp³-hybridized carbons (Fsp3) is 1.00. The second-order valence-electron chi connectivity index (χ2n) is 7.49. The highest BCUT2D eigenvalue weighted by molar-refractivity contribution is 5.15. The van der Waals surface area contributed by atoms with E-state index < -0.39 is 5.60 Å². The molecular formula is C15H26O2. The summed E-state index contributed by atoms with van der Waals surface area (Å²) in [6, 6.07) is 0. The second-order valence-corrected chi connectivity index (χ2v) is 7.49. The number of hydrogen-bond acceptors (Lipinski definition) is 2. The van der Waals surface area contributed by atoms with E-state index in [4.69, 9.17) is 0 Å². The first-order valence-corrected chi connectivity index (χ1v) is 7.25. The van der Waals surface area contributed by atoms with Gasteiger partial charge in [-0.1, -0.05) is 27.2 Å². The molecule has 3 fully saturated rings. The van der Waals surface area contributed by atoms with E-state index in [1.54, 1.807) is 0 Å². The molecule has 0 radical (unpaired) electrons. The van der Waals surface area contributed by atoms with Crippen molar-refractivity contribution in [3.63, 3.8) is 0 Å². The highest BCUT2D eigenvalue weighted by Crippen LogP contribution is 2.71. The van der Waals surface area contributed by atoms with Gasteiger partial charge in [-0.2, -0.15) is 0 Å². The van der Waals surface area contributed by atoms with Crippen molar-refractivity contribution in [3.8, 4) is 0 Å². The minimum absolute atomic E-state index is 0.0409. The predicted octanol–water partition coefficient (Wildman–Crippen LogP) is 2.44. The van der Waals surface area contributed by atoms with Crippen LogP contribution in [-0.2, 0) is 0 Å². The first kappa shape index (κ1) is 12.0. The number of aliphatic hydroxyl groups excluding tert-OH is 1. The molecule has 17 heavy (non-hydrogen) atoms. The Balaban J connectivity index is 1.94. The molecule has 0 saturated heterocycles. The first-order chi connectivity index (χ1) is 7.92. The maximum atomic E-state index is 10.7. The lowest BCUT2D eigenvalue weighted by atomic mass is 9.74. The maximum absolute atomic E-state index is 10.7. The normalized spacial score (nSPS) is 55.9. The van der Waals surface area contributed by atoms with Crippen LogP contribution in [0.5, 0.6) is 0 Å². The highest BCUT2D eigenvalue weighted by Gasteiger charge is 2.67. The van der Waals surface area contributed by atoms with Crippen LogP contribution < -0.4 is 0 Å². The number of fused-ring (bicyclic) bond motifs is 3. The molecule has 3 aliphatic carbocycles. The molecular weight excluding hydrogens is 212 g/mol. The summed E-state index contributed by atoms with van der Waals surface area (Å²) in [6.45, 7) is 7.10. The van der Waals surface area contributed by atoms with Gasteiger partial charge in [0.1, 0.15) is 0 Å². The van der Waals surface area contributed by atoms with Gasteiger partial charge in [0.25, 0.3) is 0 Å². The van der Waals surface area contributed by atoms with E-state index in [1.165, 1.54) is 6.42 Å². The topological polar surface area (TPSA) is 40.5 Å². The lowest BCUT2D eigenvalue weighted by molar-refractivity contribution is -0.0830. The molecule has 1 unspecified atom stereocenters. The minimum atomic E-state index is -0.779. The number of aliphatic hydroxyl groups is 2. The van der Waals surface area contributed by atoms with Crippen LogP contribution in [0.4, 0.5) is 0 Å². The average molecular weight is 238 g/mol. The van der Waals surface area contributed by atoms with Crippen molar-refractivity contribution in [2.75, 3.05) is 6.61 Å². The Bertz CT molecular complexity index is 325. The van der Waals surface area contributed by atoms with E-state index in [9.17, 15) is 10.2 Å². The monoisotopic (exact) mass is 238 g/mol. The second kappa shape index (κ2) is 3.48. The van der Waals surface area contributed by atoms with E-state index >= 15 is 0 Å². The van der Waals surface area contributed by atoms with Crippen LogP contribution in [0, 0.1) is 35.0 Å². The number of hydrogen-bond donors (Lipinski definition) is 2. The SMILES string of the molecule is C[C@@H]1CC[C@@H]2[C@@H]1[C@H]1[C@@H](CCC2(O)CO)C1(C)C. The van der Waals surface area contributed by atoms with Crippen molar-refractivity contribution in [1.82, 2.24) is 0 Å². The largest absolute Gasteiger partial charge is 0.393 e. The summed E-state index contributed by atoms with van der Waals surface area (Å²) in [4.78, 5) is 0. The Hall–Kier alpha value is -0.0800. The summed E-state index contributed by atoms with van der Waals surface area (Å²) < 4.78 is 0. The molecule has 0 aliphatic heterocycles. The van der Waals surface area contributed by atoms with Crippen LogP contribution in [0.2, 0.25) is 0 Å². The summed E-state index contributed by atoms with van der Waals surface area (Å²) in [5, 5.41) is 20.3. The van der Waals surface area contributed by atoms with Gasteiger partial charge in [0.15, 0.2) is 0 Å². The summed E-state index contributed by atoms with van der Waals surface area (Å²) in [6.07, 6.45) is 4.26. The maximum Gasteiger partial charge on any atom is 0.0908 e. The Morgan fingerprint density at radius 1 is 1.12 bits per heavy atom. The van der Waals surface area contributed by atoms with Gasteiger partial charge in [0, 0.05) is 0 Å². The van der Waals surface area contributed by atoms with Crippen molar-refractivity contribution in [3.05, 3.63) is 0 Å². The fourth-order valence-corrected chi connectivity index (χ4v) is 5.34. The molecule has 0 bridgehead atoms. The number of rotatable bonds is 1. The molecule has 0 amide bonds. The smallest absolute Gasteiger partial charge is 0.0908 e. The Labute approximate surface area is 104 Å². The van der Waals surface area contributed by atoms with Gasteiger partial charge in [0.05, 0.1) is 12.2 Å². The van der Waals surface area contributed by atoms with Crippen molar-refractivity contribution < 1.29 is 10.2 Å². The van der Waals surface area contributed by atoms with E-state index in [0.29, 0.717) is 17.3 Å². The third-order valence-corrected chi connectivity index (χ3v) is 6.46. The van der Waals surface area contributed by atoms with Crippen molar-refractivity contribution in [1.29, 1.82) is 0 Å². The molecule has 0 spiro atoms. The minimum Gasteiger partial charge on any atom is -0.393 e. The Morgan fingerprint density at radius 2 is 1.82 bits per heavy atom. The fourth-order valence-electron chi connectivity index (χ4n) is 5.34. The molecule has 3 saturated carbocycles. The van der Waals surface area contributed by atoms with Gasteiger partial charge >= 0.3 is 0 Å². The molecule has 2 N–H and O–H groups in total. The molecule has 3 rings (SSSR count). The van der Waals surface area contributed by atoms with Gasteiger partial charge in [0.2, 0.25) is 0 Å². The van der Waals surface area contributed by atoms with Crippen LogP contribution in [-0.4, -0.2) is 22.4 Å². The molecule has 0 aromatic heterocycles. The molecule has 0 aromatic carbocycles. The third kappa shape index (κ3) is 1.46. The quantitative estimate of drug-likeness (QED) is 0.736. The molecule has 6 atom stereocenters. The molecule has 0 aromatic rings. The Morgan fingerprint density at radius 3 is 2.47 bits per heavy atom. The molecule has 98 valence electrons. The lowest BCUT2D eigenvalue weighted by Crippen LogP contribution is -2.44. The Kier molecular flexibility index (Phi) is 2.45. The highest BCUT2D eigenvalue weighted by atomic mass is 16.3. The predicted molar refractivity (Wildman–Crippen MR) is 67.4 cm³/mol. The molecule has 3 aliphatic rings. The van der Waals surface area contributed by atoms with Crippen LogP contribution >= 0.6 is 0 Å². The molecule has 2 nitrogen and oxygen atoms in total. The van der Waals surface area contributed by atoms with Gasteiger partial charge in [-0.3, -0.25) is 0 Å². The van der Waals surface area contributed by atoms with Crippen molar-refractivity contribution >= 4 is 0 Å². The lowest BCUT2D eigenvalue weighted by Gasteiger charge is -2.37. The van der Waals surface area contributed by atoms with Gasteiger partial charge < -0.3 is 10.2 Å². The van der Waals surface area contributed by atoms with Gasteiger partial charge in [-0.15, -0.1) is 0 Å². The van der Waals surface area contributed by atoms with Crippen molar-refractivity contribution in [2.24, 2.45) is 35.0 Å². The van der Waals surface area contributed by atoms with Crippen LogP contribution in [0.25, 0.3) is 0 Å². The summed E-state index contributed by atoms with van der Waals surface area (Å²) in [5.74, 6) is 3.31.